The molecule has 25 heavy (non-hydrogen) atoms. The molecule has 1 atom stereocenters. The Balaban J connectivity index is 2.07. The maximum Gasteiger partial charge on any atom is 0.246 e. The molecule has 0 aliphatic heterocycles. The van der Waals surface area contributed by atoms with Crippen LogP contribution in [0.15, 0.2) is 36.4 Å². The molecule has 0 spiro atoms. The van der Waals surface area contributed by atoms with Crippen molar-refractivity contribution in [3.63, 3.8) is 0 Å². The van der Waals surface area contributed by atoms with Gasteiger partial charge in [-0.3, -0.25) is 9.59 Å². The number of hydrogen-bond acceptors (Lipinski definition) is 4. The fourth-order valence-electron chi connectivity index (χ4n) is 2.28. The number of aryl methyl sites for hydroxylation is 1. The maximum absolute atomic E-state index is 12.4. The normalized spacial score (nSPS) is 11.6. The summed E-state index contributed by atoms with van der Waals surface area (Å²) in [6.07, 6.45) is 0. The number of hydrogen-bond donors (Lipinski definition) is 2. The quantitative estimate of drug-likeness (QED) is 0.754. The summed E-state index contributed by atoms with van der Waals surface area (Å²) >= 11 is 6.09. The highest BCUT2D eigenvalue weighted by Gasteiger charge is 2.16. The number of carbonyl (C=O) groups excluding carboxylic acids is 2. The number of Topliss-reactive ketones (excluding diaryl/α,β-unsaturated/α-hetero) is 1. The molecule has 132 valence electrons. The van der Waals surface area contributed by atoms with Crippen LogP contribution in [0.25, 0.3) is 0 Å². The molecule has 0 aliphatic rings. The fourth-order valence-corrected chi connectivity index (χ4v) is 2.44. The van der Waals surface area contributed by atoms with E-state index in [1.54, 1.807) is 44.4 Å². The number of carbonyl (C=O) groups is 2. The highest BCUT2D eigenvalue weighted by molar-refractivity contribution is 6.31. The van der Waals surface area contributed by atoms with E-state index in [1.807, 2.05) is 13.0 Å². The Morgan fingerprint density at radius 3 is 2.36 bits per heavy atom. The largest absolute Gasteiger partial charge is 0.495 e. The van der Waals surface area contributed by atoms with Crippen molar-refractivity contribution < 1.29 is 14.3 Å². The summed E-state index contributed by atoms with van der Waals surface area (Å²) in [5, 5.41) is 6.54. The Hall–Kier alpha value is -2.53. The van der Waals surface area contributed by atoms with E-state index in [4.69, 9.17) is 16.3 Å². The lowest BCUT2D eigenvalue weighted by atomic mass is 10.1. The average molecular weight is 361 g/mol. The van der Waals surface area contributed by atoms with Gasteiger partial charge in [-0.15, -0.1) is 0 Å². The fraction of sp³-hybridized carbons (Fsp3) is 0.263. The van der Waals surface area contributed by atoms with Crippen molar-refractivity contribution in [1.29, 1.82) is 0 Å². The first kappa shape index (κ1) is 18.8. The lowest BCUT2D eigenvalue weighted by Gasteiger charge is -2.18. The molecule has 2 aromatic carbocycles. The van der Waals surface area contributed by atoms with Crippen LogP contribution in [0.3, 0.4) is 0 Å². The Labute approximate surface area is 152 Å². The highest BCUT2D eigenvalue weighted by atomic mass is 35.5. The molecule has 1 amide bonds. The van der Waals surface area contributed by atoms with Gasteiger partial charge in [0.15, 0.2) is 5.78 Å². The number of benzene rings is 2. The minimum absolute atomic E-state index is 0.0156. The van der Waals surface area contributed by atoms with Crippen molar-refractivity contribution in [1.82, 2.24) is 0 Å². The lowest BCUT2D eigenvalue weighted by Crippen LogP contribution is -2.32. The van der Waals surface area contributed by atoms with E-state index in [2.05, 4.69) is 10.6 Å². The van der Waals surface area contributed by atoms with Crippen molar-refractivity contribution in [2.24, 2.45) is 0 Å². The van der Waals surface area contributed by atoms with Gasteiger partial charge in [0, 0.05) is 22.3 Å². The maximum atomic E-state index is 12.4. The number of methoxy groups -OCH3 is 1. The van der Waals surface area contributed by atoms with E-state index in [1.165, 1.54) is 6.92 Å². The molecule has 0 fully saturated rings. The molecule has 0 saturated heterocycles. The van der Waals surface area contributed by atoms with Crippen LogP contribution < -0.4 is 15.4 Å². The third kappa shape index (κ3) is 4.73. The van der Waals surface area contributed by atoms with Gasteiger partial charge in [-0.05, 0) is 56.7 Å². The van der Waals surface area contributed by atoms with Crippen LogP contribution in [0, 0.1) is 6.92 Å². The van der Waals surface area contributed by atoms with E-state index >= 15 is 0 Å². The minimum atomic E-state index is -0.498. The summed E-state index contributed by atoms with van der Waals surface area (Å²) < 4.78 is 5.31. The zero-order valence-corrected chi connectivity index (χ0v) is 15.4. The molecular formula is C19H21ClN2O3. The van der Waals surface area contributed by atoms with Gasteiger partial charge >= 0.3 is 0 Å². The summed E-state index contributed by atoms with van der Waals surface area (Å²) in [6.45, 7) is 5.14. The van der Waals surface area contributed by atoms with Crippen LogP contribution >= 0.6 is 11.6 Å². The van der Waals surface area contributed by atoms with E-state index < -0.39 is 6.04 Å². The smallest absolute Gasteiger partial charge is 0.246 e. The third-order valence-electron chi connectivity index (χ3n) is 3.81. The van der Waals surface area contributed by atoms with Crippen molar-refractivity contribution in [2.75, 3.05) is 17.7 Å². The topological polar surface area (TPSA) is 67.4 Å². The van der Waals surface area contributed by atoms with Crippen LogP contribution in [-0.4, -0.2) is 24.8 Å². The van der Waals surface area contributed by atoms with Crippen molar-refractivity contribution in [3.8, 4) is 5.75 Å². The second-order valence-electron chi connectivity index (χ2n) is 5.79. The van der Waals surface area contributed by atoms with Gasteiger partial charge in [0.2, 0.25) is 5.91 Å². The van der Waals surface area contributed by atoms with E-state index in [9.17, 15) is 9.59 Å². The second-order valence-corrected chi connectivity index (χ2v) is 6.20. The molecular weight excluding hydrogens is 340 g/mol. The Morgan fingerprint density at radius 1 is 1.16 bits per heavy atom. The van der Waals surface area contributed by atoms with Gasteiger partial charge in [0.05, 0.1) is 12.8 Å². The Morgan fingerprint density at radius 2 is 1.80 bits per heavy atom. The van der Waals surface area contributed by atoms with E-state index in [-0.39, 0.29) is 11.7 Å². The van der Waals surface area contributed by atoms with Gasteiger partial charge in [-0.2, -0.15) is 0 Å². The first-order chi connectivity index (χ1) is 11.8. The molecule has 0 aliphatic carbocycles. The van der Waals surface area contributed by atoms with Gasteiger partial charge in [0.25, 0.3) is 0 Å². The SMILES string of the molecule is COc1cc(Cl)c(C)cc1N[C@H](C)C(=O)Nc1ccc(C(C)=O)cc1. The van der Waals surface area contributed by atoms with Crippen LogP contribution in [-0.2, 0) is 4.79 Å². The van der Waals surface area contributed by atoms with Gasteiger partial charge in [0.1, 0.15) is 11.8 Å². The van der Waals surface area contributed by atoms with Crippen molar-refractivity contribution in [3.05, 3.63) is 52.5 Å². The molecule has 0 unspecified atom stereocenters. The number of ketones is 1. The monoisotopic (exact) mass is 360 g/mol. The van der Waals surface area contributed by atoms with Crippen LogP contribution in [0.4, 0.5) is 11.4 Å². The van der Waals surface area contributed by atoms with Crippen molar-refractivity contribution >= 4 is 34.7 Å². The third-order valence-corrected chi connectivity index (χ3v) is 4.21. The predicted molar refractivity (Wildman–Crippen MR) is 101 cm³/mol. The zero-order chi connectivity index (χ0) is 18.6. The molecule has 2 aromatic rings. The molecule has 5 nitrogen and oxygen atoms in total. The summed E-state index contributed by atoms with van der Waals surface area (Å²) in [6, 6.07) is 9.82. The van der Waals surface area contributed by atoms with Crippen molar-refractivity contribution in [2.45, 2.75) is 26.8 Å². The first-order valence-electron chi connectivity index (χ1n) is 7.84. The lowest BCUT2D eigenvalue weighted by molar-refractivity contribution is -0.116. The minimum Gasteiger partial charge on any atom is -0.495 e. The predicted octanol–water partition coefficient (Wildman–Crippen LogP) is 4.30. The Bertz CT molecular complexity index is 788. The standard InChI is InChI=1S/C19H21ClN2O3/c1-11-9-17(18(25-4)10-16(11)20)21-12(2)19(24)22-15-7-5-14(6-8-15)13(3)23/h5-10,12,21H,1-4H3,(H,22,24)/t12-/m1/s1. The number of anilines is 2. The number of ether oxygens (including phenoxy) is 1. The van der Waals surface area contributed by atoms with E-state index in [0.717, 1.165) is 5.56 Å². The summed E-state index contributed by atoms with van der Waals surface area (Å²) in [5.41, 5.74) is 2.81. The van der Waals surface area contributed by atoms with Crippen LogP contribution in [0.2, 0.25) is 5.02 Å². The van der Waals surface area contributed by atoms with E-state index in [0.29, 0.717) is 27.7 Å². The molecule has 0 saturated carbocycles. The summed E-state index contributed by atoms with van der Waals surface area (Å²) in [5.74, 6) is 0.351. The second kappa shape index (κ2) is 8.03. The summed E-state index contributed by atoms with van der Waals surface area (Å²) in [7, 11) is 1.55. The highest BCUT2D eigenvalue weighted by Crippen LogP contribution is 2.31. The summed E-state index contributed by atoms with van der Waals surface area (Å²) in [4.78, 5) is 23.7. The first-order valence-corrected chi connectivity index (χ1v) is 8.22. The number of amides is 1. The molecule has 0 bridgehead atoms. The van der Waals surface area contributed by atoms with Crippen LogP contribution in [0.1, 0.15) is 29.8 Å². The number of rotatable bonds is 6. The molecule has 0 aromatic heterocycles. The molecule has 2 N–H and O–H groups in total. The Kier molecular flexibility index (Phi) is 6.04. The van der Waals surface area contributed by atoms with Gasteiger partial charge in [-0.25, -0.2) is 0 Å². The van der Waals surface area contributed by atoms with Gasteiger partial charge < -0.3 is 15.4 Å². The molecule has 2 rings (SSSR count). The molecule has 0 heterocycles. The number of halogens is 1. The number of nitrogens with one attached hydrogen (secondary N) is 2. The van der Waals surface area contributed by atoms with Crippen LogP contribution in [0.5, 0.6) is 5.75 Å². The molecule has 0 radical (unpaired) electrons. The molecule has 6 heteroatoms. The average Bonchev–Trinajstić information content (AvgIpc) is 2.58. The van der Waals surface area contributed by atoms with Gasteiger partial charge in [-0.1, -0.05) is 11.6 Å². The zero-order valence-electron chi connectivity index (χ0n) is 14.6.